The summed E-state index contributed by atoms with van der Waals surface area (Å²) < 4.78 is 0. The number of nitrogens with zero attached hydrogens (tertiary/aromatic N) is 2. The highest BCUT2D eigenvalue weighted by atomic mass is 16.1. The lowest BCUT2D eigenvalue weighted by Gasteiger charge is -2.15. The predicted molar refractivity (Wildman–Crippen MR) is 100 cm³/mol. The average molecular weight is 332 g/mol. The number of aromatic nitrogens is 2. The van der Waals surface area contributed by atoms with Gasteiger partial charge in [-0.15, -0.1) is 0 Å². The van der Waals surface area contributed by atoms with Crippen LogP contribution in [0.25, 0.3) is 11.3 Å². The summed E-state index contributed by atoms with van der Waals surface area (Å²) in [4.78, 5) is 20.2. The maximum Gasteiger partial charge on any atom is 0.221 e. The summed E-state index contributed by atoms with van der Waals surface area (Å²) in [5.74, 6) is 0.606. The smallest absolute Gasteiger partial charge is 0.221 e. The van der Waals surface area contributed by atoms with Gasteiger partial charge in [-0.1, -0.05) is 42.5 Å². The van der Waals surface area contributed by atoms with Gasteiger partial charge in [-0.3, -0.25) is 9.78 Å². The molecule has 0 spiro atoms. The van der Waals surface area contributed by atoms with Crippen LogP contribution >= 0.6 is 0 Å². The predicted octanol–water partition coefficient (Wildman–Crippen LogP) is 4.28. The molecule has 5 nitrogen and oxygen atoms in total. The van der Waals surface area contributed by atoms with Gasteiger partial charge in [0.2, 0.25) is 5.91 Å². The van der Waals surface area contributed by atoms with Gasteiger partial charge in [-0.25, -0.2) is 4.98 Å². The van der Waals surface area contributed by atoms with Crippen molar-refractivity contribution in [1.29, 1.82) is 0 Å². The zero-order valence-electron chi connectivity index (χ0n) is 14.2. The summed E-state index contributed by atoms with van der Waals surface area (Å²) >= 11 is 0. The second kappa shape index (κ2) is 7.57. The molecule has 25 heavy (non-hydrogen) atoms. The molecule has 0 aliphatic carbocycles. The minimum atomic E-state index is -0.102. The fourth-order valence-electron chi connectivity index (χ4n) is 2.58. The first-order valence-electron chi connectivity index (χ1n) is 8.13. The molecule has 3 rings (SSSR count). The van der Waals surface area contributed by atoms with Crippen LogP contribution in [0.1, 0.15) is 25.5 Å². The van der Waals surface area contributed by atoms with Gasteiger partial charge in [0.05, 0.1) is 18.1 Å². The summed E-state index contributed by atoms with van der Waals surface area (Å²) in [6.45, 7) is 3.57. The van der Waals surface area contributed by atoms with E-state index >= 15 is 0 Å². The lowest BCUT2D eigenvalue weighted by Crippen LogP contribution is -2.08. The van der Waals surface area contributed by atoms with Crippen LogP contribution < -0.4 is 10.6 Å². The van der Waals surface area contributed by atoms with E-state index in [1.54, 1.807) is 12.4 Å². The Hall–Kier alpha value is -3.21. The average Bonchev–Trinajstić information content (AvgIpc) is 2.62. The van der Waals surface area contributed by atoms with E-state index in [-0.39, 0.29) is 11.9 Å². The van der Waals surface area contributed by atoms with Crippen molar-refractivity contribution < 1.29 is 4.79 Å². The van der Waals surface area contributed by atoms with Crippen molar-refractivity contribution >= 4 is 17.4 Å². The molecule has 0 bridgehead atoms. The maximum atomic E-state index is 11.2. The number of carbonyl (C=O) groups is 1. The first-order chi connectivity index (χ1) is 12.1. The van der Waals surface area contributed by atoms with Crippen LogP contribution in [0, 0.1) is 0 Å². The van der Waals surface area contributed by atoms with Gasteiger partial charge < -0.3 is 10.6 Å². The van der Waals surface area contributed by atoms with E-state index in [1.165, 1.54) is 12.5 Å². The third-order valence-electron chi connectivity index (χ3n) is 3.78. The van der Waals surface area contributed by atoms with E-state index in [1.807, 2.05) is 42.5 Å². The minimum absolute atomic E-state index is 0.102. The summed E-state index contributed by atoms with van der Waals surface area (Å²) in [5.41, 5.74) is 3.57. The van der Waals surface area contributed by atoms with Crippen molar-refractivity contribution in [3.05, 3.63) is 72.6 Å². The van der Waals surface area contributed by atoms with Gasteiger partial charge in [0.1, 0.15) is 5.82 Å². The molecule has 0 aliphatic heterocycles. The SMILES string of the molecule is CC(=O)Nc1cccc(-c2cncc(NC(C)c3ccccc3)n2)c1. The van der Waals surface area contributed by atoms with Gasteiger partial charge in [-0.2, -0.15) is 0 Å². The summed E-state index contributed by atoms with van der Waals surface area (Å²) in [6, 6.07) is 17.9. The molecule has 0 saturated heterocycles. The van der Waals surface area contributed by atoms with Crippen LogP contribution in [0.4, 0.5) is 11.5 Å². The van der Waals surface area contributed by atoms with Crippen LogP contribution in [0.15, 0.2) is 67.0 Å². The molecule has 1 amide bonds. The van der Waals surface area contributed by atoms with Crippen molar-refractivity contribution in [1.82, 2.24) is 9.97 Å². The van der Waals surface area contributed by atoms with E-state index in [4.69, 9.17) is 0 Å². The molecule has 1 atom stereocenters. The molecule has 1 heterocycles. The molecule has 0 saturated carbocycles. The number of hydrogen-bond acceptors (Lipinski definition) is 4. The maximum absolute atomic E-state index is 11.2. The topological polar surface area (TPSA) is 66.9 Å². The fourth-order valence-corrected chi connectivity index (χ4v) is 2.58. The van der Waals surface area contributed by atoms with E-state index in [0.717, 1.165) is 16.9 Å². The molecule has 1 unspecified atom stereocenters. The molecular weight excluding hydrogens is 312 g/mol. The quantitative estimate of drug-likeness (QED) is 0.732. The largest absolute Gasteiger partial charge is 0.362 e. The Morgan fingerprint density at radius 3 is 2.60 bits per heavy atom. The van der Waals surface area contributed by atoms with Gasteiger partial charge in [0.25, 0.3) is 0 Å². The molecule has 3 aromatic rings. The van der Waals surface area contributed by atoms with E-state index < -0.39 is 0 Å². The van der Waals surface area contributed by atoms with E-state index in [2.05, 4.69) is 39.7 Å². The van der Waals surface area contributed by atoms with Crippen molar-refractivity contribution in [2.45, 2.75) is 19.9 Å². The third-order valence-corrected chi connectivity index (χ3v) is 3.78. The van der Waals surface area contributed by atoms with Crippen molar-refractivity contribution in [3.8, 4) is 11.3 Å². The Labute approximate surface area is 147 Å². The summed E-state index contributed by atoms with van der Waals surface area (Å²) in [5, 5.41) is 6.15. The zero-order valence-corrected chi connectivity index (χ0v) is 14.2. The van der Waals surface area contributed by atoms with Crippen molar-refractivity contribution in [3.63, 3.8) is 0 Å². The van der Waals surface area contributed by atoms with E-state index in [0.29, 0.717) is 5.82 Å². The number of amides is 1. The second-order valence-electron chi connectivity index (χ2n) is 5.83. The number of rotatable bonds is 5. The van der Waals surface area contributed by atoms with Gasteiger partial charge in [0.15, 0.2) is 0 Å². The Balaban J connectivity index is 1.81. The van der Waals surface area contributed by atoms with E-state index in [9.17, 15) is 4.79 Å². The van der Waals surface area contributed by atoms with Crippen LogP contribution in [-0.4, -0.2) is 15.9 Å². The summed E-state index contributed by atoms with van der Waals surface area (Å²) in [7, 11) is 0. The number of anilines is 2. The molecule has 0 radical (unpaired) electrons. The van der Waals surface area contributed by atoms with Crippen LogP contribution in [-0.2, 0) is 4.79 Å². The number of nitrogens with one attached hydrogen (secondary N) is 2. The van der Waals surface area contributed by atoms with Crippen molar-refractivity contribution in [2.75, 3.05) is 10.6 Å². The Kier molecular flexibility index (Phi) is 5.04. The van der Waals surface area contributed by atoms with Crippen LogP contribution in [0.3, 0.4) is 0 Å². The molecule has 0 fully saturated rings. The number of hydrogen-bond donors (Lipinski definition) is 2. The lowest BCUT2D eigenvalue weighted by molar-refractivity contribution is -0.114. The minimum Gasteiger partial charge on any atom is -0.362 e. The zero-order chi connectivity index (χ0) is 17.6. The third kappa shape index (κ3) is 4.41. The monoisotopic (exact) mass is 332 g/mol. The molecule has 0 aliphatic rings. The molecule has 2 aromatic carbocycles. The Morgan fingerprint density at radius 1 is 1.04 bits per heavy atom. The lowest BCUT2D eigenvalue weighted by atomic mass is 10.1. The Morgan fingerprint density at radius 2 is 1.84 bits per heavy atom. The molecule has 126 valence electrons. The normalized spacial score (nSPS) is 11.6. The van der Waals surface area contributed by atoms with Crippen molar-refractivity contribution in [2.24, 2.45) is 0 Å². The van der Waals surface area contributed by atoms with Crippen LogP contribution in [0.5, 0.6) is 0 Å². The van der Waals surface area contributed by atoms with Gasteiger partial charge >= 0.3 is 0 Å². The standard InChI is InChI=1S/C20H20N4O/c1-14(16-7-4-3-5-8-16)22-20-13-21-12-19(24-20)17-9-6-10-18(11-17)23-15(2)25/h3-14H,1-2H3,(H,22,24)(H,23,25). The molecular formula is C20H20N4O. The van der Waals surface area contributed by atoms with Crippen LogP contribution in [0.2, 0.25) is 0 Å². The summed E-state index contributed by atoms with van der Waals surface area (Å²) in [6.07, 6.45) is 3.42. The second-order valence-corrected chi connectivity index (χ2v) is 5.83. The highest BCUT2D eigenvalue weighted by Gasteiger charge is 2.08. The first-order valence-corrected chi connectivity index (χ1v) is 8.13. The molecule has 5 heteroatoms. The first kappa shape index (κ1) is 16.6. The molecule has 1 aromatic heterocycles. The Bertz CT molecular complexity index is 864. The highest BCUT2D eigenvalue weighted by molar-refractivity contribution is 5.89. The van der Waals surface area contributed by atoms with Gasteiger partial charge in [0, 0.05) is 24.2 Å². The number of carbonyl (C=O) groups excluding carboxylic acids is 1. The molecule has 2 N–H and O–H groups in total. The fraction of sp³-hybridized carbons (Fsp3) is 0.150. The number of benzene rings is 2. The van der Waals surface area contributed by atoms with Gasteiger partial charge in [-0.05, 0) is 24.6 Å². The highest BCUT2D eigenvalue weighted by Crippen LogP contribution is 2.23.